The lowest BCUT2D eigenvalue weighted by atomic mass is 9.99. The lowest BCUT2D eigenvalue weighted by Gasteiger charge is -2.38. The summed E-state index contributed by atoms with van der Waals surface area (Å²) in [6.45, 7) is 1.92. The molecule has 1 aliphatic heterocycles. The van der Waals surface area contributed by atoms with Crippen molar-refractivity contribution < 1.29 is 22.4 Å². The van der Waals surface area contributed by atoms with Gasteiger partial charge < -0.3 is 4.90 Å². The number of rotatable bonds is 5. The van der Waals surface area contributed by atoms with Crippen LogP contribution in [0.15, 0.2) is 59.7 Å². The van der Waals surface area contributed by atoms with Gasteiger partial charge in [-0.05, 0) is 79.1 Å². The molecule has 3 aromatic heterocycles. The Bertz CT molecular complexity index is 2050. The number of halogens is 5. The molecule has 5 aromatic rings. The van der Waals surface area contributed by atoms with Crippen molar-refractivity contribution in [2.24, 2.45) is 0 Å². The summed E-state index contributed by atoms with van der Waals surface area (Å²) in [7, 11) is 0. The summed E-state index contributed by atoms with van der Waals surface area (Å²) in [6, 6.07) is 11.1. The van der Waals surface area contributed by atoms with Crippen molar-refractivity contribution in [1.82, 2.24) is 24.6 Å². The monoisotopic (exact) mass is 621 g/mol. The smallest absolute Gasteiger partial charge is 0.282 e. The van der Waals surface area contributed by atoms with E-state index >= 15 is 4.39 Å². The number of carbonyl (C=O) groups is 1. The molecule has 1 saturated heterocycles. The Hall–Kier alpha value is -4.51. The van der Waals surface area contributed by atoms with E-state index in [0.29, 0.717) is 28.0 Å². The molecule has 7 nitrogen and oxygen atoms in total. The number of likely N-dealkylation sites (tertiary alicyclic amines) is 1. The summed E-state index contributed by atoms with van der Waals surface area (Å²) in [4.78, 5) is 32.1. The summed E-state index contributed by atoms with van der Waals surface area (Å²) in [5.41, 5.74) is 2.84. The van der Waals surface area contributed by atoms with E-state index in [4.69, 9.17) is 11.6 Å². The highest BCUT2D eigenvalue weighted by atomic mass is 35.5. The first-order valence-corrected chi connectivity index (χ1v) is 14.3. The predicted octanol–water partition coefficient (Wildman–Crippen LogP) is 6.69. The van der Waals surface area contributed by atoms with Crippen LogP contribution < -0.4 is 5.56 Å². The minimum Gasteiger partial charge on any atom is -0.326 e. The van der Waals surface area contributed by atoms with Crippen LogP contribution in [0.4, 0.5) is 17.6 Å². The minimum atomic E-state index is -3.02. The van der Waals surface area contributed by atoms with E-state index in [1.54, 1.807) is 26.0 Å². The Labute approximate surface area is 253 Å². The number of nitrogens with zero attached hydrogens (tertiary/aromatic N) is 4. The molecule has 0 spiro atoms. The van der Waals surface area contributed by atoms with E-state index in [2.05, 4.69) is 15.2 Å². The lowest BCUT2D eigenvalue weighted by Crippen LogP contribution is -2.58. The van der Waals surface area contributed by atoms with Crippen LogP contribution in [0.2, 0.25) is 5.02 Å². The third-order valence-electron chi connectivity index (χ3n) is 8.47. The van der Waals surface area contributed by atoms with Crippen LogP contribution in [0.1, 0.15) is 51.0 Å². The van der Waals surface area contributed by atoms with Crippen molar-refractivity contribution in [2.75, 3.05) is 13.1 Å². The number of aromatic nitrogens is 4. The van der Waals surface area contributed by atoms with Gasteiger partial charge in [0.05, 0.1) is 41.7 Å². The number of aryl methyl sites for hydroxylation is 2. The number of aromatic amines is 1. The molecule has 1 N–H and O–H groups in total. The molecular weight excluding hydrogens is 598 g/mol. The van der Waals surface area contributed by atoms with Crippen LogP contribution in [-0.4, -0.2) is 49.6 Å². The fourth-order valence-corrected chi connectivity index (χ4v) is 6.38. The average molecular weight is 622 g/mol. The normalized spacial score (nSPS) is 18.8. The van der Waals surface area contributed by atoms with Crippen molar-refractivity contribution >= 4 is 28.4 Å². The Balaban J connectivity index is 1.28. The summed E-state index contributed by atoms with van der Waals surface area (Å²) >= 11 is 6.67. The molecule has 12 heteroatoms. The van der Waals surface area contributed by atoms with Gasteiger partial charge >= 0.3 is 0 Å². The Morgan fingerprint density at radius 2 is 1.77 bits per heavy atom. The molecule has 2 aliphatic rings. The molecule has 1 amide bonds. The van der Waals surface area contributed by atoms with Crippen molar-refractivity contribution in [1.29, 1.82) is 0 Å². The highest BCUT2D eigenvalue weighted by Gasteiger charge is 2.47. The average Bonchev–Trinajstić information content (AvgIpc) is 3.63. The number of amides is 1. The molecule has 0 bridgehead atoms. The van der Waals surface area contributed by atoms with Crippen LogP contribution in [-0.2, 0) is 0 Å². The van der Waals surface area contributed by atoms with Crippen LogP contribution in [0, 0.1) is 25.5 Å². The Morgan fingerprint density at radius 3 is 2.48 bits per heavy atom. The maximum absolute atomic E-state index is 16.1. The molecule has 44 heavy (non-hydrogen) atoms. The van der Waals surface area contributed by atoms with Gasteiger partial charge in [0.15, 0.2) is 0 Å². The van der Waals surface area contributed by atoms with Gasteiger partial charge in [0.1, 0.15) is 16.7 Å². The van der Waals surface area contributed by atoms with E-state index in [1.807, 2.05) is 6.07 Å². The molecule has 7 rings (SSSR count). The van der Waals surface area contributed by atoms with Crippen molar-refractivity contribution in [3.05, 3.63) is 110 Å². The summed E-state index contributed by atoms with van der Waals surface area (Å²) in [5.74, 6) is -5.00. The number of hydrogen-bond donors (Lipinski definition) is 1. The molecule has 1 saturated carbocycles. The van der Waals surface area contributed by atoms with Gasteiger partial charge in [-0.15, -0.1) is 0 Å². The summed E-state index contributed by atoms with van der Waals surface area (Å²) in [6.07, 6.45) is 3.53. The van der Waals surface area contributed by atoms with Crippen molar-refractivity contribution in [2.45, 2.75) is 38.0 Å². The SMILES string of the molecule is Cc1cnc(-c2cc3[nH]ncc3c(C(=O)N3CC(F)(F)C3)c2F)cc1-n1c(C)cc([C@H]2C[C@@H]2c2ccc(F)cc2)c(Cl)c1=O. The van der Waals surface area contributed by atoms with Gasteiger partial charge in [-0.2, -0.15) is 5.10 Å². The number of benzene rings is 2. The molecule has 224 valence electrons. The first kappa shape index (κ1) is 28.3. The number of fused-ring (bicyclic) bond motifs is 1. The minimum absolute atomic E-state index is 0.0145. The van der Waals surface area contributed by atoms with Crippen LogP contribution in [0.5, 0.6) is 0 Å². The summed E-state index contributed by atoms with van der Waals surface area (Å²) < 4.78 is 58.0. The molecular formula is C32H24ClF4N5O2. The molecule has 2 fully saturated rings. The number of hydrogen-bond acceptors (Lipinski definition) is 4. The number of nitrogens with one attached hydrogen (secondary N) is 1. The van der Waals surface area contributed by atoms with Crippen molar-refractivity contribution in [3.8, 4) is 16.9 Å². The summed E-state index contributed by atoms with van der Waals surface area (Å²) in [5, 5.41) is 6.85. The number of pyridine rings is 2. The number of H-pyrrole nitrogens is 1. The quantitative estimate of drug-likeness (QED) is 0.222. The molecule has 1 aliphatic carbocycles. The number of alkyl halides is 2. The molecule has 2 atom stereocenters. The lowest BCUT2D eigenvalue weighted by molar-refractivity contribution is -0.113. The maximum atomic E-state index is 16.1. The molecule has 0 unspecified atom stereocenters. The third kappa shape index (κ3) is 4.57. The highest BCUT2D eigenvalue weighted by Crippen LogP contribution is 2.55. The van der Waals surface area contributed by atoms with Gasteiger partial charge in [-0.25, -0.2) is 17.6 Å². The zero-order valence-electron chi connectivity index (χ0n) is 23.5. The maximum Gasteiger partial charge on any atom is 0.282 e. The first-order chi connectivity index (χ1) is 20.9. The predicted molar refractivity (Wildman–Crippen MR) is 157 cm³/mol. The van der Waals surface area contributed by atoms with E-state index in [0.717, 1.165) is 16.9 Å². The fourth-order valence-electron chi connectivity index (χ4n) is 6.10. The second-order valence-corrected chi connectivity index (χ2v) is 11.9. The topological polar surface area (TPSA) is 83.9 Å². The first-order valence-electron chi connectivity index (χ1n) is 13.9. The van der Waals surface area contributed by atoms with E-state index in [-0.39, 0.29) is 44.9 Å². The number of carbonyl (C=O) groups excluding carboxylic acids is 1. The van der Waals surface area contributed by atoms with Crippen LogP contribution >= 0.6 is 11.6 Å². The fraction of sp³-hybridized carbons (Fsp3) is 0.250. The zero-order valence-corrected chi connectivity index (χ0v) is 24.2. The van der Waals surface area contributed by atoms with E-state index in [1.165, 1.54) is 41.2 Å². The van der Waals surface area contributed by atoms with Crippen LogP contribution in [0.3, 0.4) is 0 Å². The van der Waals surface area contributed by atoms with Gasteiger partial charge in [0.2, 0.25) is 0 Å². The van der Waals surface area contributed by atoms with E-state index < -0.39 is 36.3 Å². The largest absolute Gasteiger partial charge is 0.326 e. The van der Waals surface area contributed by atoms with Gasteiger partial charge in [0, 0.05) is 22.8 Å². The Morgan fingerprint density at radius 1 is 1.05 bits per heavy atom. The molecule has 4 heterocycles. The second-order valence-electron chi connectivity index (χ2n) is 11.5. The standard InChI is InChI=1S/C32H24ClF4N5O2/c1-15-11-38-24(22-9-25-23(12-39-40-25)27(29(22)35)30(43)41-13-32(36,37)14-41)10-26(15)42-16(2)7-21(28(33)31(42)44)20-8-19(20)17-3-5-18(34)6-4-17/h3-7,9-12,19-20H,8,13-14H2,1-2H3,(H,39,40)/t19-,20+/m1/s1. The molecule has 2 aromatic carbocycles. The van der Waals surface area contributed by atoms with E-state index in [9.17, 15) is 22.8 Å². The Kier molecular flexibility index (Phi) is 6.44. The zero-order chi connectivity index (χ0) is 31.1. The van der Waals surface area contributed by atoms with Crippen molar-refractivity contribution in [3.63, 3.8) is 0 Å². The third-order valence-corrected chi connectivity index (χ3v) is 8.85. The molecule has 0 radical (unpaired) electrons. The van der Waals surface area contributed by atoms with Gasteiger partial charge in [0.25, 0.3) is 17.4 Å². The second kappa shape index (κ2) is 10.0. The van der Waals surface area contributed by atoms with Gasteiger partial charge in [-0.3, -0.25) is 24.2 Å². The highest BCUT2D eigenvalue weighted by molar-refractivity contribution is 6.31. The van der Waals surface area contributed by atoms with Crippen LogP contribution in [0.25, 0.3) is 27.8 Å². The van der Waals surface area contributed by atoms with Gasteiger partial charge in [-0.1, -0.05) is 23.7 Å².